The van der Waals surface area contributed by atoms with E-state index in [0.29, 0.717) is 0 Å². The highest BCUT2D eigenvalue weighted by atomic mass is 16.7. The van der Waals surface area contributed by atoms with Crippen molar-refractivity contribution in [3.05, 3.63) is 29.8 Å². The summed E-state index contributed by atoms with van der Waals surface area (Å²) < 4.78 is 10.3. The Morgan fingerprint density at radius 3 is 2.37 bits per heavy atom. The largest absolute Gasteiger partial charge is 0.478 e. The molecule has 1 aromatic carbocycles. The second-order valence-corrected chi connectivity index (χ2v) is 4.20. The molecular formula is C12H14O7. The van der Waals surface area contributed by atoms with E-state index in [0.717, 1.165) is 0 Å². The van der Waals surface area contributed by atoms with Gasteiger partial charge in [0, 0.05) is 0 Å². The van der Waals surface area contributed by atoms with Gasteiger partial charge >= 0.3 is 5.97 Å². The Balaban J connectivity index is 2.03. The first-order valence-corrected chi connectivity index (χ1v) is 5.65. The molecule has 0 saturated carbocycles. The number of carboxylic acids is 1. The van der Waals surface area contributed by atoms with Gasteiger partial charge < -0.3 is 29.9 Å². The Morgan fingerprint density at radius 1 is 1.16 bits per heavy atom. The maximum Gasteiger partial charge on any atom is 0.335 e. The van der Waals surface area contributed by atoms with Gasteiger partial charge in [-0.2, -0.15) is 0 Å². The molecule has 7 heteroatoms. The Bertz CT molecular complexity index is 444. The highest BCUT2D eigenvalue weighted by Gasteiger charge is 2.38. The van der Waals surface area contributed by atoms with Crippen LogP contribution in [0.2, 0.25) is 0 Å². The zero-order chi connectivity index (χ0) is 14.0. The molecule has 1 fully saturated rings. The quantitative estimate of drug-likeness (QED) is 0.568. The maximum absolute atomic E-state index is 10.7. The van der Waals surface area contributed by atoms with E-state index in [1.54, 1.807) is 0 Å². The summed E-state index contributed by atoms with van der Waals surface area (Å²) in [5, 5.41) is 37.1. The number of aliphatic hydroxyl groups excluding tert-OH is 3. The number of ether oxygens (including phenoxy) is 2. The number of carboxylic acid groups (broad SMARTS) is 1. The van der Waals surface area contributed by atoms with Crippen LogP contribution in [0.25, 0.3) is 0 Å². The van der Waals surface area contributed by atoms with Gasteiger partial charge in [-0.1, -0.05) is 0 Å². The van der Waals surface area contributed by atoms with Gasteiger partial charge in [0.25, 0.3) is 0 Å². The fourth-order valence-electron chi connectivity index (χ4n) is 1.69. The molecule has 4 N–H and O–H groups in total. The van der Waals surface area contributed by atoms with Crippen LogP contribution >= 0.6 is 0 Å². The van der Waals surface area contributed by atoms with Crippen LogP contribution in [-0.4, -0.2) is 57.6 Å². The third-order valence-corrected chi connectivity index (χ3v) is 2.81. The highest BCUT2D eigenvalue weighted by molar-refractivity contribution is 5.87. The van der Waals surface area contributed by atoms with Crippen molar-refractivity contribution in [1.82, 2.24) is 0 Å². The topological polar surface area (TPSA) is 116 Å². The first-order chi connectivity index (χ1) is 8.99. The molecule has 1 aromatic rings. The number of hydrogen-bond acceptors (Lipinski definition) is 6. The van der Waals surface area contributed by atoms with Gasteiger partial charge in [-0.05, 0) is 24.3 Å². The number of aromatic carboxylic acids is 1. The van der Waals surface area contributed by atoms with Crippen molar-refractivity contribution in [2.75, 3.05) is 6.61 Å². The molecule has 1 saturated heterocycles. The average Bonchev–Trinajstić information content (AvgIpc) is 2.40. The van der Waals surface area contributed by atoms with E-state index in [4.69, 9.17) is 14.6 Å². The van der Waals surface area contributed by atoms with Crippen molar-refractivity contribution < 1.29 is 34.7 Å². The van der Waals surface area contributed by atoms with Gasteiger partial charge in [-0.15, -0.1) is 0 Å². The summed E-state index contributed by atoms with van der Waals surface area (Å²) in [5.74, 6) is -0.767. The molecule has 2 rings (SSSR count). The number of hydrogen-bond donors (Lipinski definition) is 4. The summed E-state index contributed by atoms with van der Waals surface area (Å²) in [6.07, 6.45) is -5.02. The Labute approximate surface area is 108 Å². The zero-order valence-corrected chi connectivity index (χ0v) is 9.84. The van der Waals surface area contributed by atoms with Crippen LogP contribution in [-0.2, 0) is 4.74 Å². The van der Waals surface area contributed by atoms with Gasteiger partial charge in [-0.3, -0.25) is 0 Å². The van der Waals surface area contributed by atoms with E-state index in [-0.39, 0.29) is 17.9 Å². The van der Waals surface area contributed by atoms with Crippen LogP contribution < -0.4 is 4.74 Å². The molecule has 0 spiro atoms. The molecule has 0 aliphatic carbocycles. The van der Waals surface area contributed by atoms with Gasteiger partial charge in [0.2, 0.25) is 6.29 Å². The van der Waals surface area contributed by atoms with Crippen molar-refractivity contribution in [3.63, 3.8) is 0 Å². The fourth-order valence-corrected chi connectivity index (χ4v) is 1.69. The number of benzene rings is 1. The Morgan fingerprint density at radius 2 is 1.79 bits per heavy atom. The summed E-state index contributed by atoms with van der Waals surface area (Å²) >= 11 is 0. The minimum atomic E-state index is -1.39. The van der Waals surface area contributed by atoms with Gasteiger partial charge in [0.15, 0.2) is 0 Å². The summed E-state index contributed by atoms with van der Waals surface area (Å²) in [7, 11) is 0. The molecule has 0 aromatic heterocycles. The average molecular weight is 270 g/mol. The molecule has 0 amide bonds. The van der Waals surface area contributed by atoms with Crippen molar-refractivity contribution in [1.29, 1.82) is 0 Å². The Hall–Kier alpha value is -1.67. The minimum Gasteiger partial charge on any atom is -0.478 e. The second-order valence-electron chi connectivity index (χ2n) is 4.20. The molecule has 0 radical (unpaired) electrons. The van der Waals surface area contributed by atoms with E-state index >= 15 is 0 Å². The van der Waals surface area contributed by atoms with Gasteiger partial charge in [-0.25, -0.2) is 4.79 Å². The van der Waals surface area contributed by atoms with E-state index in [9.17, 15) is 20.1 Å². The van der Waals surface area contributed by atoms with Crippen LogP contribution in [0.5, 0.6) is 5.75 Å². The van der Waals surface area contributed by atoms with Crippen molar-refractivity contribution in [3.8, 4) is 5.75 Å². The van der Waals surface area contributed by atoms with E-state index in [1.807, 2.05) is 0 Å². The SMILES string of the molecule is O=C(O)c1ccc(O[C@H]2OC[C@@H](O)[C@H](O)[C@H]2O)cc1. The van der Waals surface area contributed by atoms with Crippen LogP contribution in [0.4, 0.5) is 0 Å². The minimum absolute atomic E-state index is 0.105. The zero-order valence-electron chi connectivity index (χ0n) is 9.84. The van der Waals surface area contributed by atoms with Crippen molar-refractivity contribution >= 4 is 5.97 Å². The smallest absolute Gasteiger partial charge is 0.335 e. The molecular weight excluding hydrogens is 256 g/mol. The van der Waals surface area contributed by atoms with Crippen LogP contribution in [0.1, 0.15) is 10.4 Å². The van der Waals surface area contributed by atoms with E-state index < -0.39 is 30.6 Å². The molecule has 0 bridgehead atoms. The number of aliphatic hydroxyl groups is 3. The van der Waals surface area contributed by atoms with Crippen LogP contribution in [0.15, 0.2) is 24.3 Å². The number of rotatable bonds is 3. The Kier molecular flexibility index (Phi) is 4.01. The molecule has 1 heterocycles. The molecule has 104 valence electrons. The van der Waals surface area contributed by atoms with Crippen molar-refractivity contribution in [2.45, 2.75) is 24.6 Å². The summed E-state index contributed by atoms with van der Waals surface area (Å²) in [6.45, 7) is -0.157. The third kappa shape index (κ3) is 3.02. The predicted molar refractivity (Wildman–Crippen MR) is 61.8 cm³/mol. The van der Waals surface area contributed by atoms with Crippen molar-refractivity contribution in [2.24, 2.45) is 0 Å². The molecule has 19 heavy (non-hydrogen) atoms. The summed E-state index contributed by atoms with van der Waals surface area (Å²) in [6, 6.07) is 5.52. The third-order valence-electron chi connectivity index (χ3n) is 2.81. The summed E-state index contributed by atoms with van der Waals surface area (Å²) in [4.78, 5) is 10.7. The molecule has 7 nitrogen and oxygen atoms in total. The van der Waals surface area contributed by atoms with Gasteiger partial charge in [0.05, 0.1) is 12.2 Å². The second kappa shape index (κ2) is 5.54. The van der Waals surface area contributed by atoms with E-state index in [2.05, 4.69) is 0 Å². The fraction of sp³-hybridized carbons (Fsp3) is 0.417. The van der Waals surface area contributed by atoms with Gasteiger partial charge in [0.1, 0.15) is 24.1 Å². The van der Waals surface area contributed by atoms with Crippen LogP contribution in [0, 0.1) is 0 Å². The number of carbonyl (C=O) groups is 1. The normalized spacial score (nSPS) is 30.9. The first kappa shape index (κ1) is 13.8. The molecule has 1 aliphatic rings. The standard InChI is InChI=1S/C12H14O7/c13-8-5-18-12(10(15)9(8)14)19-7-3-1-6(2-4-7)11(16)17/h1-4,8-10,12-15H,5H2,(H,16,17)/t8-,9+,10-,12-/m1/s1. The monoisotopic (exact) mass is 270 g/mol. The van der Waals surface area contributed by atoms with Crippen LogP contribution in [0.3, 0.4) is 0 Å². The molecule has 0 unspecified atom stereocenters. The molecule has 4 atom stereocenters. The highest BCUT2D eigenvalue weighted by Crippen LogP contribution is 2.21. The lowest BCUT2D eigenvalue weighted by atomic mass is 10.1. The lowest BCUT2D eigenvalue weighted by Crippen LogP contribution is -2.54. The van der Waals surface area contributed by atoms with E-state index in [1.165, 1.54) is 24.3 Å². The summed E-state index contributed by atoms with van der Waals surface area (Å²) in [5.41, 5.74) is 0.105. The predicted octanol–water partition coefficient (Wildman–Crippen LogP) is -0.797. The lowest BCUT2D eigenvalue weighted by Gasteiger charge is -2.34. The lowest BCUT2D eigenvalue weighted by molar-refractivity contribution is -0.242. The first-order valence-electron chi connectivity index (χ1n) is 5.65. The maximum atomic E-state index is 10.7. The molecule has 1 aliphatic heterocycles.